The van der Waals surface area contributed by atoms with E-state index in [2.05, 4.69) is 57.2 Å². The molecule has 0 aromatic rings. The van der Waals surface area contributed by atoms with Crippen molar-refractivity contribution in [1.82, 2.24) is 0 Å². The van der Waals surface area contributed by atoms with Gasteiger partial charge in [0.25, 0.3) is 0 Å². The predicted molar refractivity (Wildman–Crippen MR) is 270 cm³/mol. The van der Waals surface area contributed by atoms with Gasteiger partial charge in [0.2, 0.25) is 0 Å². The van der Waals surface area contributed by atoms with E-state index in [1.165, 1.54) is 167 Å². The Bertz CT molecular complexity index is 1060. The molecule has 0 aromatic heterocycles. The standard InChI is InChI=1S/C57H104O6/c1-4-7-10-13-15-17-19-20-21-22-23-24-25-26-27-28-29-30-31-32-33-34-35-36-38-39-41-44-47-50-56(59)62-53-54(52-61-55(58)49-46-43-12-9-6-3)63-57(60)51-48-45-42-40-37-18-16-14-11-8-5-2/h14,16,19-20,22-23,54H,4-13,15,17-18,21,24-53H2,1-3H3/b16-14-,20-19-,23-22-. The maximum absolute atomic E-state index is 12.7. The highest BCUT2D eigenvalue weighted by Crippen LogP contribution is 2.16. The summed E-state index contributed by atoms with van der Waals surface area (Å²) in [6.45, 7) is 6.52. The summed E-state index contributed by atoms with van der Waals surface area (Å²) in [5.74, 6) is -0.888. The van der Waals surface area contributed by atoms with Gasteiger partial charge in [-0.25, -0.2) is 0 Å². The summed E-state index contributed by atoms with van der Waals surface area (Å²) in [5, 5.41) is 0. The van der Waals surface area contributed by atoms with Gasteiger partial charge < -0.3 is 14.2 Å². The minimum absolute atomic E-state index is 0.0730. The second-order valence-electron chi connectivity index (χ2n) is 18.5. The second-order valence-corrected chi connectivity index (χ2v) is 18.5. The number of rotatable bonds is 50. The molecule has 0 saturated carbocycles. The summed E-state index contributed by atoms with van der Waals surface area (Å²) in [6, 6.07) is 0. The molecule has 63 heavy (non-hydrogen) atoms. The minimum Gasteiger partial charge on any atom is -0.462 e. The molecule has 0 radical (unpaired) electrons. The van der Waals surface area contributed by atoms with Crippen molar-refractivity contribution in [3.05, 3.63) is 36.5 Å². The highest BCUT2D eigenvalue weighted by atomic mass is 16.6. The Labute approximate surface area is 391 Å². The fourth-order valence-corrected chi connectivity index (χ4v) is 7.93. The topological polar surface area (TPSA) is 78.9 Å². The maximum atomic E-state index is 12.7. The molecule has 6 nitrogen and oxygen atoms in total. The van der Waals surface area contributed by atoms with Gasteiger partial charge in [0.1, 0.15) is 13.2 Å². The average molecular weight is 885 g/mol. The molecule has 0 aliphatic carbocycles. The van der Waals surface area contributed by atoms with E-state index in [9.17, 15) is 14.4 Å². The van der Waals surface area contributed by atoms with Crippen molar-refractivity contribution >= 4 is 17.9 Å². The van der Waals surface area contributed by atoms with Crippen LogP contribution in [0.3, 0.4) is 0 Å². The van der Waals surface area contributed by atoms with Crippen LogP contribution >= 0.6 is 0 Å². The summed E-state index contributed by atoms with van der Waals surface area (Å²) in [7, 11) is 0. The van der Waals surface area contributed by atoms with Gasteiger partial charge in [0, 0.05) is 19.3 Å². The van der Waals surface area contributed by atoms with Crippen molar-refractivity contribution in [3.8, 4) is 0 Å². The van der Waals surface area contributed by atoms with Gasteiger partial charge in [-0.1, -0.05) is 237 Å². The molecule has 1 atom stereocenters. The molecule has 0 fully saturated rings. The molecule has 0 spiro atoms. The maximum Gasteiger partial charge on any atom is 0.306 e. The first-order valence-electron chi connectivity index (χ1n) is 27.5. The lowest BCUT2D eigenvalue weighted by molar-refractivity contribution is -0.167. The molecule has 6 heteroatoms. The summed E-state index contributed by atoms with van der Waals surface area (Å²) in [5.41, 5.74) is 0. The molecule has 1 unspecified atom stereocenters. The molecule has 0 heterocycles. The zero-order valence-electron chi connectivity index (χ0n) is 42.1. The van der Waals surface area contributed by atoms with E-state index < -0.39 is 6.10 Å². The molecule has 0 bridgehead atoms. The molecule has 0 saturated heterocycles. The van der Waals surface area contributed by atoms with Crippen molar-refractivity contribution in [2.45, 2.75) is 297 Å². The largest absolute Gasteiger partial charge is 0.462 e. The van der Waals surface area contributed by atoms with Crippen LogP contribution in [-0.4, -0.2) is 37.2 Å². The Morgan fingerprint density at radius 3 is 0.937 bits per heavy atom. The normalized spacial score (nSPS) is 12.2. The van der Waals surface area contributed by atoms with E-state index in [-0.39, 0.29) is 31.1 Å². The van der Waals surface area contributed by atoms with Crippen LogP contribution < -0.4 is 0 Å². The molecule has 0 aliphatic heterocycles. The molecule has 0 aromatic carbocycles. The van der Waals surface area contributed by atoms with Crippen LogP contribution in [0, 0.1) is 0 Å². The Hall–Kier alpha value is -2.37. The molecule has 368 valence electrons. The zero-order valence-corrected chi connectivity index (χ0v) is 42.1. The third-order valence-electron chi connectivity index (χ3n) is 12.1. The summed E-state index contributed by atoms with van der Waals surface area (Å²) >= 11 is 0. The Morgan fingerprint density at radius 2 is 0.587 bits per heavy atom. The third kappa shape index (κ3) is 50.5. The number of ether oxygens (including phenoxy) is 3. The van der Waals surface area contributed by atoms with Gasteiger partial charge in [-0.15, -0.1) is 0 Å². The van der Waals surface area contributed by atoms with Gasteiger partial charge in [0.05, 0.1) is 0 Å². The van der Waals surface area contributed by atoms with E-state index in [1.54, 1.807) is 0 Å². The fourth-order valence-electron chi connectivity index (χ4n) is 7.93. The van der Waals surface area contributed by atoms with Crippen molar-refractivity contribution in [3.63, 3.8) is 0 Å². The quantitative estimate of drug-likeness (QED) is 0.0262. The minimum atomic E-state index is -0.768. The number of esters is 3. The second kappa shape index (κ2) is 52.3. The van der Waals surface area contributed by atoms with E-state index in [4.69, 9.17) is 14.2 Å². The zero-order chi connectivity index (χ0) is 45.8. The number of unbranched alkanes of at least 4 members (excludes halogenated alkanes) is 33. The molecular weight excluding hydrogens is 781 g/mol. The molecule has 0 amide bonds. The van der Waals surface area contributed by atoms with Crippen LogP contribution in [0.2, 0.25) is 0 Å². The lowest BCUT2D eigenvalue weighted by Crippen LogP contribution is -2.30. The van der Waals surface area contributed by atoms with Gasteiger partial charge in [-0.3, -0.25) is 14.4 Å². The molecule has 0 aliphatic rings. The number of hydrogen-bond acceptors (Lipinski definition) is 6. The molecular formula is C57H104O6. The third-order valence-corrected chi connectivity index (χ3v) is 12.1. The number of carbonyl (C=O) groups excluding carboxylic acids is 3. The van der Waals surface area contributed by atoms with Crippen LogP contribution in [0.5, 0.6) is 0 Å². The summed E-state index contributed by atoms with van der Waals surface area (Å²) in [4.78, 5) is 37.6. The van der Waals surface area contributed by atoms with Gasteiger partial charge in [0.15, 0.2) is 6.10 Å². The molecule has 0 rings (SSSR count). The van der Waals surface area contributed by atoms with Crippen LogP contribution in [0.1, 0.15) is 290 Å². The van der Waals surface area contributed by atoms with Crippen LogP contribution in [0.4, 0.5) is 0 Å². The summed E-state index contributed by atoms with van der Waals surface area (Å²) in [6.07, 6.45) is 62.0. The van der Waals surface area contributed by atoms with Crippen molar-refractivity contribution in [2.75, 3.05) is 13.2 Å². The van der Waals surface area contributed by atoms with Gasteiger partial charge in [-0.05, 0) is 70.6 Å². The van der Waals surface area contributed by atoms with E-state index in [0.29, 0.717) is 19.3 Å². The highest BCUT2D eigenvalue weighted by Gasteiger charge is 2.19. The highest BCUT2D eigenvalue weighted by molar-refractivity contribution is 5.71. The SMILES string of the molecule is CCCC/C=C\CCCCCCCC(=O)OC(COC(=O)CCCCCCC)COC(=O)CCCCCCCCCCCCCCCCCCC/C=C\C/C=C\CCCCCCC. The van der Waals surface area contributed by atoms with E-state index in [0.717, 1.165) is 83.5 Å². The van der Waals surface area contributed by atoms with Crippen molar-refractivity contribution in [2.24, 2.45) is 0 Å². The average Bonchev–Trinajstić information content (AvgIpc) is 3.28. The lowest BCUT2D eigenvalue weighted by Gasteiger charge is -2.18. The van der Waals surface area contributed by atoms with E-state index in [1.807, 2.05) is 0 Å². The van der Waals surface area contributed by atoms with Crippen LogP contribution in [0.15, 0.2) is 36.5 Å². The van der Waals surface area contributed by atoms with Gasteiger partial charge in [-0.2, -0.15) is 0 Å². The first-order chi connectivity index (χ1) is 31.0. The lowest BCUT2D eigenvalue weighted by atomic mass is 10.0. The monoisotopic (exact) mass is 885 g/mol. The number of carbonyl (C=O) groups is 3. The Morgan fingerprint density at radius 1 is 0.317 bits per heavy atom. The number of hydrogen-bond donors (Lipinski definition) is 0. The van der Waals surface area contributed by atoms with Crippen LogP contribution in [0.25, 0.3) is 0 Å². The van der Waals surface area contributed by atoms with Crippen LogP contribution in [-0.2, 0) is 28.6 Å². The first kappa shape index (κ1) is 60.6. The Kier molecular flexibility index (Phi) is 50.3. The summed E-state index contributed by atoms with van der Waals surface area (Å²) < 4.78 is 16.6. The van der Waals surface area contributed by atoms with Crippen molar-refractivity contribution < 1.29 is 28.6 Å². The first-order valence-corrected chi connectivity index (χ1v) is 27.5. The van der Waals surface area contributed by atoms with Crippen molar-refractivity contribution in [1.29, 1.82) is 0 Å². The number of allylic oxidation sites excluding steroid dienone is 6. The molecule has 0 N–H and O–H groups in total. The predicted octanol–water partition coefficient (Wildman–Crippen LogP) is 18.1. The Balaban J connectivity index is 3.92. The van der Waals surface area contributed by atoms with E-state index >= 15 is 0 Å². The fraction of sp³-hybridized carbons (Fsp3) is 0.842. The smallest absolute Gasteiger partial charge is 0.306 e. The van der Waals surface area contributed by atoms with Gasteiger partial charge >= 0.3 is 17.9 Å².